The van der Waals surface area contributed by atoms with Gasteiger partial charge in [-0.05, 0) is 37.6 Å². The van der Waals surface area contributed by atoms with Crippen LogP contribution in [-0.2, 0) is 10.5 Å². The number of oxazole rings is 1. The molecule has 0 N–H and O–H groups in total. The monoisotopic (exact) mass is 382 g/mol. The van der Waals surface area contributed by atoms with Crippen LogP contribution in [0.2, 0.25) is 0 Å². The molecule has 5 nitrogen and oxygen atoms in total. The Morgan fingerprint density at radius 1 is 1.11 bits per heavy atom. The van der Waals surface area contributed by atoms with Gasteiger partial charge in [-0.1, -0.05) is 42.1 Å². The lowest BCUT2D eigenvalue weighted by molar-refractivity contribution is -0.0586. The second kappa shape index (κ2) is 7.74. The van der Waals surface area contributed by atoms with E-state index in [9.17, 15) is 4.79 Å². The van der Waals surface area contributed by atoms with Gasteiger partial charge in [0.2, 0.25) is 0 Å². The molecule has 3 aromatic rings. The predicted molar refractivity (Wildman–Crippen MR) is 106 cm³/mol. The quantitative estimate of drug-likeness (QED) is 0.627. The molecule has 2 aromatic carbocycles. The lowest BCUT2D eigenvalue weighted by Crippen LogP contribution is -2.48. The number of hydrogen-bond acceptors (Lipinski definition) is 5. The van der Waals surface area contributed by atoms with Crippen molar-refractivity contribution in [2.45, 2.75) is 37.0 Å². The van der Waals surface area contributed by atoms with Crippen LogP contribution in [0.5, 0.6) is 0 Å². The Morgan fingerprint density at radius 2 is 1.81 bits per heavy atom. The summed E-state index contributed by atoms with van der Waals surface area (Å²) in [6.07, 6.45) is 0.109. The number of aromatic nitrogens is 1. The maximum absolute atomic E-state index is 13.1. The minimum atomic E-state index is 0.0546. The van der Waals surface area contributed by atoms with Crippen LogP contribution in [0.3, 0.4) is 0 Å². The molecule has 4 rings (SSSR count). The summed E-state index contributed by atoms with van der Waals surface area (Å²) in [6.45, 7) is 5.25. The SMILES string of the molecule is CC1CN(C(=O)c2ccccc2CSc2nc3ccccc3o2)CC(C)O1. The highest BCUT2D eigenvalue weighted by Crippen LogP contribution is 2.28. The smallest absolute Gasteiger partial charge is 0.257 e. The number of rotatable bonds is 4. The van der Waals surface area contributed by atoms with E-state index in [1.54, 1.807) is 0 Å². The molecule has 1 aliphatic heterocycles. The van der Waals surface area contributed by atoms with E-state index >= 15 is 0 Å². The number of hydrogen-bond donors (Lipinski definition) is 0. The second-order valence-corrected chi connectivity index (χ2v) is 7.79. The summed E-state index contributed by atoms with van der Waals surface area (Å²) in [6, 6.07) is 15.5. The zero-order valence-electron chi connectivity index (χ0n) is 15.4. The topological polar surface area (TPSA) is 55.6 Å². The number of benzene rings is 2. The van der Waals surface area contributed by atoms with Gasteiger partial charge in [0, 0.05) is 24.4 Å². The average molecular weight is 382 g/mol. The Morgan fingerprint density at radius 3 is 2.59 bits per heavy atom. The van der Waals surface area contributed by atoms with Crippen LogP contribution in [0.4, 0.5) is 0 Å². The summed E-state index contributed by atoms with van der Waals surface area (Å²) in [4.78, 5) is 19.5. The van der Waals surface area contributed by atoms with E-state index < -0.39 is 0 Å². The van der Waals surface area contributed by atoms with Crippen LogP contribution in [-0.4, -0.2) is 41.1 Å². The van der Waals surface area contributed by atoms with Gasteiger partial charge in [0.25, 0.3) is 11.1 Å². The zero-order valence-corrected chi connectivity index (χ0v) is 16.2. The normalized spacial score (nSPS) is 20.1. The van der Waals surface area contributed by atoms with Gasteiger partial charge in [0.05, 0.1) is 12.2 Å². The van der Waals surface area contributed by atoms with Crippen molar-refractivity contribution in [1.82, 2.24) is 9.88 Å². The lowest BCUT2D eigenvalue weighted by atomic mass is 10.1. The third-order valence-electron chi connectivity index (χ3n) is 4.58. The summed E-state index contributed by atoms with van der Waals surface area (Å²) in [5.41, 5.74) is 3.35. The third-order valence-corrected chi connectivity index (χ3v) is 5.46. The van der Waals surface area contributed by atoms with Gasteiger partial charge in [-0.25, -0.2) is 4.98 Å². The summed E-state index contributed by atoms with van der Waals surface area (Å²) in [5.74, 6) is 0.690. The van der Waals surface area contributed by atoms with Crippen molar-refractivity contribution in [2.75, 3.05) is 13.1 Å². The predicted octanol–water partition coefficient (Wildman–Crippen LogP) is 4.37. The van der Waals surface area contributed by atoms with Crippen molar-refractivity contribution in [2.24, 2.45) is 0 Å². The first-order valence-electron chi connectivity index (χ1n) is 9.11. The third kappa shape index (κ3) is 4.01. The van der Waals surface area contributed by atoms with E-state index in [4.69, 9.17) is 9.15 Å². The average Bonchev–Trinajstić information content (AvgIpc) is 3.08. The molecule has 0 radical (unpaired) electrons. The minimum absolute atomic E-state index is 0.0546. The number of para-hydroxylation sites is 2. The Hall–Kier alpha value is -2.31. The summed E-state index contributed by atoms with van der Waals surface area (Å²) >= 11 is 1.51. The Bertz CT molecular complexity index is 912. The molecule has 6 heteroatoms. The van der Waals surface area contributed by atoms with Crippen molar-refractivity contribution in [1.29, 1.82) is 0 Å². The summed E-state index contributed by atoms with van der Waals surface area (Å²) < 4.78 is 11.5. The van der Waals surface area contributed by atoms with Gasteiger partial charge in [-0.3, -0.25) is 4.79 Å². The molecular formula is C21H22N2O3S. The highest BCUT2D eigenvalue weighted by Gasteiger charge is 2.27. The Balaban J connectivity index is 1.51. The van der Waals surface area contributed by atoms with E-state index in [1.807, 2.05) is 67.3 Å². The molecule has 1 amide bonds. The summed E-state index contributed by atoms with van der Waals surface area (Å²) in [5, 5.41) is 0.618. The molecular weight excluding hydrogens is 360 g/mol. The molecule has 2 unspecified atom stereocenters. The maximum atomic E-state index is 13.1. The minimum Gasteiger partial charge on any atom is -0.431 e. The number of carbonyl (C=O) groups excluding carboxylic acids is 1. The highest BCUT2D eigenvalue weighted by molar-refractivity contribution is 7.98. The second-order valence-electron chi connectivity index (χ2n) is 6.86. The largest absolute Gasteiger partial charge is 0.431 e. The van der Waals surface area contributed by atoms with E-state index in [0.717, 1.165) is 22.2 Å². The first kappa shape index (κ1) is 18.1. The van der Waals surface area contributed by atoms with Crippen LogP contribution in [0.1, 0.15) is 29.8 Å². The molecule has 2 heterocycles. The van der Waals surface area contributed by atoms with E-state index in [2.05, 4.69) is 4.98 Å². The van der Waals surface area contributed by atoms with Crippen molar-refractivity contribution in [3.63, 3.8) is 0 Å². The standard InChI is InChI=1S/C21H22N2O3S/c1-14-11-23(12-15(2)25-14)20(24)17-8-4-3-7-16(17)13-27-21-22-18-9-5-6-10-19(18)26-21/h3-10,14-15H,11-13H2,1-2H3. The maximum Gasteiger partial charge on any atom is 0.257 e. The van der Waals surface area contributed by atoms with Gasteiger partial charge < -0.3 is 14.1 Å². The molecule has 1 aliphatic rings. The first-order valence-corrected chi connectivity index (χ1v) is 10.1. The molecule has 0 bridgehead atoms. The molecule has 1 aromatic heterocycles. The molecule has 1 fully saturated rings. The number of thioether (sulfide) groups is 1. The van der Waals surface area contributed by atoms with Crippen LogP contribution in [0.15, 0.2) is 58.2 Å². The first-order chi connectivity index (χ1) is 13.1. The zero-order chi connectivity index (χ0) is 18.8. The van der Waals surface area contributed by atoms with Crippen LogP contribution >= 0.6 is 11.8 Å². The van der Waals surface area contributed by atoms with Gasteiger partial charge in [-0.15, -0.1) is 0 Å². The molecule has 0 saturated carbocycles. The number of fused-ring (bicyclic) bond motifs is 1. The molecule has 0 spiro atoms. The van der Waals surface area contributed by atoms with E-state index in [-0.39, 0.29) is 18.1 Å². The van der Waals surface area contributed by atoms with Crippen molar-refractivity contribution >= 4 is 28.8 Å². The summed E-state index contributed by atoms with van der Waals surface area (Å²) in [7, 11) is 0. The molecule has 2 atom stereocenters. The fourth-order valence-electron chi connectivity index (χ4n) is 3.42. The van der Waals surface area contributed by atoms with Gasteiger partial charge >= 0.3 is 0 Å². The fraction of sp³-hybridized carbons (Fsp3) is 0.333. The number of ether oxygens (including phenoxy) is 1. The van der Waals surface area contributed by atoms with Crippen LogP contribution in [0.25, 0.3) is 11.1 Å². The molecule has 1 saturated heterocycles. The van der Waals surface area contributed by atoms with Crippen LogP contribution < -0.4 is 0 Å². The lowest BCUT2D eigenvalue weighted by Gasteiger charge is -2.35. The van der Waals surface area contributed by atoms with Gasteiger partial charge in [0.15, 0.2) is 5.58 Å². The van der Waals surface area contributed by atoms with Crippen molar-refractivity contribution in [3.8, 4) is 0 Å². The van der Waals surface area contributed by atoms with Crippen LogP contribution in [0, 0.1) is 0 Å². The fourth-order valence-corrected chi connectivity index (χ4v) is 4.26. The molecule has 140 valence electrons. The molecule has 0 aliphatic carbocycles. The number of carbonyl (C=O) groups is 1. The van der Waals surface area contributed by atoms with Gasteiger partial charge in [0.1, 0.15) is 5.52 Å². The number of nitrogens with zero attached hydrogens (tertiary/aromatic N) is 2. The van der Waals surface area contributed by atoms with Crippen molar-refractivity contribution in [3.05, 3.63) is 59.7 Å². The Kier molecular flexibility index (Phi) is 5.18. The number of morpholine rings is 1. The highest BCUT2D eigenvalue weighted by atomic mass is 32.2. The number of amides is 1. The van der Waals surface area contributed by atoms with E-state index in [1.165, 1.54) is 11.8 Å². The Labute approximate surface area is 162 Å². The molecule has 27 heavy (non-hydrogen) atoms. The van der Waals surface area contributed by atoms with Gasteiger partial charge in [-0.2, -0.15) is 0 Å². The van der Waals surface area contributed by atoms with E-state index in [0.29, 0.717) is 24.1 Å². The van der Waals surface area contributed by atoms with Crippen molar-refractivity contribution < 1.29 is 13.9 Å².